The van der Waals surface area contributed by atoms with E-state index in [2.05, 4.69) is 26.4 Å². The van der Waals surface area contributed by atoms with E-state index in [-0.39, 0.29) is 5.69 Å². The second-order valence-electron chi connectivity index (χ2n) is 12.9. The van der Waals surface area contributed by atoms with Gasteiger partial charge in [0.25, 0.3) is 0 Å². The Labute approximate surface area is 276 Å². The lowest BCUT2D eigenvalue weighted by atomic mass is 9.79. The lowest BCUT2D eigenvalue weighted by Crippen LogP contribution is -2.49. The number of urea groups is 1. The normalized spacial score (nSPS) is 18.3. The summed E-state index contributed by atoms with van der Waals surface area (Å²) in [6.45, 7) is 5.96. The van der Waals surface area contributed by atoms with Gasteiger partial charge in [0.1, 0.15) is 17.7 Å². The first-order chi connectivity index (χ1) is 21.9. The van der Waals surface area contributed by atoms with Crippen LogP contribution < -0.4 is 15.4 Å². The van der Waals surface area contributed by atoms with E-state index in [1.54, 1.807) is 42.5 Å². The van der Waals surface area contributed by atoms with Gasteiger partial charge in [-0.3, -0.25) is 10.1 Å². The predicted octanol–water partition coefficient (Wildman–Crippen LogP) is 6.87. The molecule has 3 aromatic rings. The number of anilines is 2. The molecule has 0 bridgehead atoms. The largest absolute Gasteiger partial charge is 0.323 e. The Morgan fingerprint density at radius 1 is 1.09 bits per heavy atom. The number of nitrogens with zero attached hydrogens (tertiary/aromatic N) is 3. The molecule has 1 saturated carbocycles. The summed E-state index contributed by atoms with van der Waals surface area (Å²) in [5.41, 5.74) is 0.673. The number of halogens is 2. The third kappa shape index (κ3) is 7.74. The van der Waals surface area contributed by atoms with Gasteiger partial charge in [0, 0.05) is 12.7 Å². The molecule has 3 amide bonds. The van der Waals surface area contributed by atoms with Crippen molar-refractivity contribution >= 4 is 46.0 Å². The Balaban J connectivity index is 1.47. The quantitative estimate of drug-likeness (QED) is 0.218. The SMILES string of the molecule is CC(C)(C)[S@@](=O)NC(CCC1CC1)(c1cccc(C#N)c1)c1ccc(F)c(NC(=O)C2CCCN2C(=O)Nc2ccc(Cl)cn2)c1. The molecular weight excluding hydrogens is 627 g/mol. The first kappa shape index (κ1) is 33.5. The number of hydrogen-bond donors (Lipinski definition) is 3. The third-order valence-electron chi connectivity index (χ3n) is 8.43. The Kier molecular flexibility index (Phi) is 10.1. The maximum atomic E-state index is 15.4. The van der Waals surface area contributed by atoms with Crippen LogP contribution in [0.1, 0.15) is 76.0 Å². The van der Waals surface area contributed by atoms with Crippen LogP contribution in [0.3, 0.4) is 0 Å². The zero-order chi connectivity index (χ0) is 33.1. The molecule has 2 unspecified atom stereocenters. The van der Waals surface area contributed by atoms with Crippen LogP contribution in [-0.2, 0) is 21.3 Å². The minimum absolute atomic E-state index is 0.0512. The Hall–Kier alpha value is -3.85. The highest BCUT2D eigenvalue weighted by Gasteiger charge is 2.41. The van der Waals surface area contributed by atoms with E-state index in [0.717, 1.165) is 24.8 Å². The van der Waals surface area contributed by atoms with Crippen LogP contribution in [0.5, 0.6) is 0 Å². The molecule has 1 saturated heterocycles. The molecule has 2 heterocycles. The van der Waals surface area contributed by atoms with Gasteiger partial charge in [0.05, 0.1) is 43.6 Å². The van der Waals surface area contributed by atoms with E-state index in [1.807, 2.05) is 26.8 Å². The summed E-state index contributed by atoms with van der Waals surface area (Å²) in [6, 6.07) is 15.7. The van der Waals surface area contributed by atoms with Crippen LogP contribution in [-0.4, -0.2) is 43.4 Å². The third-order valence-corrected chi connectivity index (χ3v) is 10.3. The minimum atomic E-state index is -1.54. The van der Waals surface area contributed by atoms with Gasteiger partial charge in [-0.2, -0.15) is 5.26 Å². The number of benzene rings is 2. The number of carbonyl (C=O) groups is 2. The fraction of sp³-hybridized carbons (Fsp3) is 0.412. The van der Waals surface area contributed by atoms with Crippen molar-refractivity contribution in [2.45, 2.75) is 75.6 Å². The zero-order valence-electron chi connectivity index (χ0n) is 26.1. The van der Waals surface area contributed by atoms with Gasteiger partial charge in [-0.15, -0.1) is 0 Å². The van der Waals surface area contributed by atoms with E-state index in [4.69, 9.17) is 11.6 Å². The van der Waals surface area contributed by atoms with Crippen molar-refractivity contribution in [3.8, 4) is 6.07 Å². The molecule has 3 N–H and O–H groups in total. The summed E-state index contributed by atoms with van der Waals surface area (Å²) in [4.78, 5) is 32.2. The van der Waals surface area contributed by atoms with E-state index in [1.165, 1.54) is 17.2 Å². The van der Waals surface area contributed by atoms with Gasteiger partial charge in [-0.05, 0) is 99.9 Å². The molecule has 3 atom stereocenters. The van der Waals surface area contributed by atoms with Crippen molar-refractivity contribution in [1.82, 2.24) is 14.6 Å². The first-order valence-corrected chi connectivity index (χ1v) is 16.9. The molecule has 2 aliphatic rings. The number of aromatic nitrogens is 1. The summed E-state index contributed by atoms with van der Waals surface area (Å²) in [7, 11) is -1.54. The van der Waals surface area contributed by atoms with E-state index >= 15 is 4.39 Å². The Bertz CT molecular complexity index is 1670. The number of hydrogen-bond acceptors (Lipinski definition) is 5. The molecule has 12 heteroatoms. The van der Waals surface area contributed by atoms with E-state index in [0.29, 0.717) is 53.7 Å². The zero-order valence-corrected chi connectivity index (χ0v) is 27.7. The second-order valence-corrected chi connectivity index (χ2v) is 15.3. The first-order valence-electron chi connectivity index (χ1n) is 15.4. The Morgan fingerprint density at radius 2 is 1.85 bits per heavy atom. The predicted molar refractivity (Wildman–Crippen MR) is 178 cm³/mol. The van der Waals surface area contributed by atoms with Crippen LogP contribution >= 0.6 is 11.6 Å². The Morgan fingerprint density at radius 3 is 2.52 bits per heavy atom. The van der Waals surface area contributed by atoms with Gasteiger partial charge in [-0.1, -0.05) is 42.6 Å². The molecule has 1 aliphatic heterocycles. The molecular formula is C34H38ClFN6O3S. The summed E-state index contributed by atoms with van der Waals surface area (Å²) in [5, 5.41) is 15.6. The number of carbonyl (C=O) groups excluding carboxylic acids is 2. The lowest BCUT2D eigenvalue weighted by Gasteiger charge is -2.38. The van der Waals surface area contributed by atoms with Gasteiger partial charge < -0.3 is 10.2 Å². The lowest BCUT2D eigenvalue weighted by molar-refractivity contribution is -0.119. The molecule has 1 aliphatic carbocycles. The summed E-state index contributed by atoms with van der Waals surface area (Å²) >= 11 is 5.89. The molecule has 46 heavy (non-hydrogen) atoms. The highest BCUT2D eigenvalue weighted by atomic mass is 35.5. The number of pyridine rings is 1. The topological polar surface area (TPSA) is 127 Å². The number of likely N-dealkylation sites (tertiary alicyclic amines) is 1. The molecule has 0 radical (unpaired) electrons. The van der Waals surface area contributed by atoms with Crippen molar-refractivity contribution in [2.24, 2.45) is 5.92 Å². The summed E-state index contributed by atoms with van der Waals surface area (Å²) in [5.74, 6) is -0.336. The van der Waals surface area contributed by atoms with Crippen molar-refractivity contribution < 1.29 is 18.2 Å². The van der Waals surface area contributed by atoms with Crippen LogP contribution in [0.15, 0.2) is 60.8 Å². The van der Waals surface area contributed by atoms with Crippen molar-refractivity contribution in [3.63, 3.8) is 0 Å². The molecule has 2 fully saturated rings. The smallest absolute Gasteiger partial charge is 0.322 e. The fourth-order valence-electron chi connectivity index (χ4n) is 5.63. The fourth-order valence-corrected chi connectivity index (χ4v) is 6.71. The van der Waals surface area contributed by atoms with Crippen LogP contribution in [0, 0.1) is 23.1 Å². The summed E-state index contributed by atoms with van der Waals surface area (Å²) in [6.07, 6.45) is 6.02. The van der Waals surface area contributed by atoms with Crippen LogP contribution in [0.2, 0.25) is 5.02 Å². The summed E-state index contributed by atoms with van der Waals surface area (Å²) < 4.78 is 31.9. The highest BCUT2D eigenvalue weighted by Crippen LogP contribution is 2.43. The molecule has 1 aromatic heterocycles. The number of rotatable bonds is 10. The van der Waals surface area contributed by atoms with Crippen molar-refractivity contribution in [1.29, 1.82) is 5.26 Å². The maximum Gasteiger partial charge on any atom is 0.323 e. The number of amides is 3. The van der Waals surface area contributed by atoms with Crippen LogP contribution in [0.25, 0.3) is 0 Å². The van der Waals surface area contributed by atoms with E-state index < -0.39 is 45.1 Å². The molecule has 242 valence electrons. The molecule has 0 spiro atoms. The highest BCUT2D eigenvalue weighted by molar-refractivity contribution is 7.84. The van der Waals surface area contributed by atoms with Gasteiger partial charge in [0.2, 0.25) is 5.91 Å². The van der Waals surface area contributed by atoms with Crippen molar-refractivity contribution in [2.75, 3.05) is 17.2 Å². The van der Waals surface area contributed by atoms with Crippen molar-refractivity contribution in [3.05, 3.63) is 88.3 Å². The molecule has 2 aromatic carbocycles. The second kappa shape index (κ2) is 13.9. The van der Waals surface area contributed by atoms with Gasteiger partial charge in [-0.25, -0.2) is 23.1 Å². The average Bonchev–Trinajstić information content (AvgIpc) is 3.73. The van der Waals surface area contributed by atoms with E-state index in [9.17, 15) is 19.1 Å². The van der Waals surface area contributed by atoms with Gasteiger partial charge in [0.15, 0.2) is 0 Å². The molecule has 5 rings (SSSR count). The van der Waals surface area contributed by atoms with Crippen LogP contribution in [0.4, 0.5) is 20.7 Å². The minimum Gasteiger partial charge on any atom is -0.322 e. The maximum absolute atomic E-state index is 15.4. The number of nitriles is 1. The monoisotopic (exact) mass is 664 g/mol. The molecule has 9 nitrogen and oxygen atoms in total. The average molecular weight is 665 g/mol. The number of nitrogens with one attached hydrogen (secondary N) is 3. The standard InChI is InChI=1S/C34H38ClFN6O3S/c1-33(2,3)46(45)41-34(16-15-22-9-10-22,24-7-4-6-23(18-24)20-37)25-11-13-27(36)28(19-25)39-31(43)29-8-5-17-42(29)32(44)40-30-14-12-26(35)21-38-30/h4,6-7,11-14,18-19,21-22,29,41H,5,8-10,15-17H2,1-3H3,(H,39,43)(H,38,40,44)/t29?,34?,46-/m1/s1. The van der Waals surface area contributed by atoms with Gasteiger partial charge >= 0.3 is 6.03 Å².